The Labute approximate surface area is 156 Å². The molecule has 2 aromatic rings. The molecule has 2 aromatic carbocycles. The van der Waals surface area contributed by atoms with Gasteiger partial charge in [-0.1, -0.05) is 19.1 Å². The molecule has 0 bridgehead atoms. The van der Waals surface area contributed by atoms with Crippen molar-refractivity contribution in [3.63, 3.8) is 0 Å². The van der Waals surface area contributed by atoms with Crippen LogP contribution in [-0.4, -0.2) is 37.3 Å². The van der Waals surface area contributed by atoms with E-state index in [2.05, 4.69) is 10.1 Å². The number of methoxy groups -OCH3 is 1. The number of benzene rings is 2. The summed E-state index contributed by atoms with van der Waals surface area (Å²) in [6, 6.07) is 12.3. The second-order valence-corrected chi connectivity index (χ2v) is 5.52. The number of ether oxygens (including phenoxy) is 2. The summed E-state index contributed by atoms with van der Waals surface area (Å²) in [6.45, 7) is 1.26. The van der Waals surface area contributed by atoms with Crippen molar-refractivity contribution in [3.05, 3.63) is 65.2 Å². The van der Waals surface area contributed by atoms with Crippen LogP contribution in [0.25, 0.3) is 0 Å². The van der Waals surface area contributed by atoms with Gasteiger partial charge >= 0.3 is 11.9 Å². The lowest BCUT2D eigenvalue weighted by Gasteiger charge is -2.08. The van der Waals surface area contributed by atoms with E-state index >= 15 is 0 Å². The van der Waals surface area contributed by atoms with E-state index in [4.69, 9.17) is 4.74 Å². The molecule has 0 heterocycles. The number of anilines is 1. The lowest BCUT2D eigenvalue weighted by molar-refractivity contribution is -0.115. The number of hydrogen-bond donors (Lipinski definition) is 1. The Hall–Kier alpha value is -3.48. The summed E-state index contributed by atoms with van der Waals surface area (Å²) in [6.07, 6.45) is 0.351. The Morgan fingerprint density at radius 1 is 0.889 bits per heavy atom. The first-order valence-corrected chi connectivity index (χ1v) is 8.23. The molecule has 27 heavy (non-hydrogen) atoms. The Morgan fingerprint density at radius 2 is 1.48 bits per heavy atom. The van der Waals surface area contributed by atoms with Crippen LogP contribution in [0, 0.1) is 0 Å². The van der Waals surface area contributed by atoms with Crippen molar-refractivity contribution >= 4 is 29.3 Å². The molecule has 0 aliphatic carbocycles. The molecule has 0 aliphatic rings. The van der Waals surface area contributed by atoms with E-state index in [1.165, 1.54) is 31.4 Å². The Morgan fingerprint density at radius 3 is 2.04 bits per heavy atom. The minimum atomic E-state index is -0.795. The topological polar surface area (TPSA) is 98.8 Å². The van der Waals surface area contributed by atoms with Crippen LogP contribution in [0.15, 0.2) is 48.5 Å². The smallest absolute Gasteiger partial charge is 0.339 e. The first kappa shape index (κ1) is 19.8. The van der Waals surface area contributed by atoms with Crippen molar-refractivity contribution in [2.24, 2.45) is 0 Å². The highest BCUT2D eigenvalue weighted by Crippen LogP contribution is 2.13. The summed E-state index contributed by atoms with van der Waals surface area (Å²) in [7, 11) is 1.21. The van der Waals surface area contributed by atoms with Crippen molar-refractivity contribution < 1.29 is 28.7 Å². The van der Waals surface area contributed by atoms with Gasteiger partial charge in [0.05, 0.1) is 18.2 Å². The molecule has 0 saturated heterocycles. The maximum atomic E-state index is 12.2. The predicted octanol–water partition coefficient (Wildman–Crippen LogP) is 2.86. The summed E-state index contributed by atoms with van der Waals surface area (Å²) in [5.41, 5.74) is 0.990. The van der Waals surface area contributed by atoms with Gasteiger partial charge in [0.2, 0.25) is 5.91 Å². The molecule has 1 amide bonds. The van der Waals surface area contributed by atoms with Gasteiger partial charge in [-0.15, -0.1) is 0 Å². The maximum absolute atomic E-state index is 12.2. The van der Waals surface area contributed by atoms with Crippen molar-refractivity contribution in [3.8, 4) is 0 Å². The summed E-state index contributed by atoms with van der Waals surface area (Å²) in [5.74, 6) is -2.01. The minimum absolute atomic E-state index is 0.0229. The number of nitrogens with one attached hydrogen (secondary N) is 1. The number of carbonyl (C=O) groups is 4. The number of amides is 1. The normalized spacial score (nSPS) is 10.0. The van der Waals surface area contributed by atoms with Crippen LogP contribution >= 0.6 is 0 Å². The van der Waals surface area contributed by atoms with Crippen molar-refractivity contribution in [1.82, 2.24) is 0 Å². The molecule has 0 aliphatic heterocycles. The zero-order valence-corrected chi connectivity index (χ0v) is 15.0. The van der Waals surface area contributed by atoms with Crippen molar-refractivity contribution in [2.45, 2.75) is 13.3 Å². The van der Waals surface area contributed by atoms with E-state index in [1.54, 1.807) is 31.2 Å². The van der Waals surface area contributed by atoms with Crippen LogP contribution in [0.4, 0.5) is 5.69 Å². The van der Waals surface area contributed by atoms with E-state index in [-0.39, 0.29) is 17.0 Å². The van der Waals surface area contributed by atoms with Gasteiger partial charge in [0.15, 0.2) is 12.4 Å². The summed E-state index contributed by atoms with van der Waals surface area (Å²) in [5, 5.41) is 2.67. The third-order valence-corrected chi connectivity index (χ3v) is 3.70. The fourth-order valence-corrected chi connectivity index (χ4v) is 2.23. The highest BCUT2D eigenvalue weighted by molar-refractivity contribution is 6.04. The molecule has 0 saturated carbocycles. The summed E-state index contributed by atoms with van der Waals surface area (Å²) in [4.78, 5) is 47.4. The first-order chi connectivity index (χ1) is 13.0. The molecular formula is C20H19NO6. The second-order valence-electron chi connectivity index (χ2n) is 5.52. The van der Waals surface area contributed by atoms with Crippen LogP contribution in [-0.2, 0) is 14.3 Å². The maximum Gasteiger partial charge on any atom is 0.339 e. The fraction of sp³-hybridized carbons (Fsp3) is 0.200. The van der Waals surface area contributed by atoms with Crippen LogP contribution in [0.5, 0.6) is 0 Å². The van der Waals surface area contributed by atoms with Gasteiger partial charge in [-0.3, -0.25) is 9.59 Å². The van der Waals surface area contributed by atoms with Crippen LogP contribution in [0.1, 0.15) is 44.4 Å². The zero-order valence-electron chi connectivity index (χ0n) is 15.0. The minimum Gasteiger partial charge on any atom is -0.465 e. The fourth-order valence-electron chi connectivity index (χ4n) is 2.23. The molecule has 7 heteroatoms. The van der Waals surface area contributed by atoms with E-state index in [9.17, 15) is 19.2 Å². The Balaban J connectivity index is 2.00. The zero-order chi connectivity index (χ0) is 19.8. The molecule has 0 atom stereocenters. The van der Waals surface area contributed by atoms with Gasteiger partial charge in [0, 0.05) is 17.7 Å². The summed E-state index contributed by atoms with van der Waals surface area (Å²) >= 11 is 0. The number of carbonyl (C=O) groups excluding carboxylic acids is 4. The molecule has 140 valence electrons. The highest BCUT2D eigenvalue weighted by atomic mass is 16.5. The summed E-state index contributed by atoms with van der Waals surface area (Å²) < 4.78 is 9.65. The lowest BCUT2D eigenvalue weighted by atomic mass is 10.1. The van der Waals surface area contributed by atoms with Crippen LogP contribution in [0.3, 0.4) is 0 Å². The molecule has 1 N–H and O–H groups in total. The average Bonchev–Trinajstić information content (AvgIpc) is 2.71. The lowest BCUT2D eigenvalue weighted by Crippen LogP contribution is -2.17. The standard InChI is InChI=1S/C20H19NO6/c1-3-18(23)21-14-10-8-13(9-11-14)17(22)12-27-20(25)16-7-5-4-6-15(16)19(24)26-2/h4-11H,3,12H2,1-2H3,(H,21,23). The Kier molecular flexibility index (Phi) is 6.82. The van der Waals surface area contributed by atoms with E-state index in [0.717, 1.165) is 0 Å². The largest absolute Gasteiger partial charge is 0.465 e. The Bertz CT molecular complexity index is 857. The molecule has 0 unspecified atom stereocenters. The van der Waals surface area contributed by atoms with Gasteiger partial charge in [-0.2, -0.15) is 0 Å². The molecule has 0 radical (unpaired) electrons. The van der Waals surface area contributed by atoms with E-state index < -0.39 is 24.3 Å². The van der Waals surface area contributed by atoms with Gasteiger partial charge in [0.1, 0.15) is 0 Å². The molecular weight excluding hydrogens is 350 g/mol. The third-order valence-electron chi connectivity index (χ3n) is 3.70. The molecule has 2 rings (SSSR count). The van der Waals surface area contributed by atoms with Crippen molar-refractivity contribution in [2.75, 3.05) is 19.0 Å². The molecule has 0 spiro atoms. The molecule has 0 fully saturated rings. The highest BCUT2D eigenvalue weighted by Gasteiger charge is 2.19. The van der Waals surface area contributed by atoms with Gasteiger partial charge in [-0.25, -0.2) is 9.59 Å². The van der Waals surface area contributed by atoms with Crippen LogP contribution < -0.4 is 5.32 Å². The van der Waals surface area contributed by atoms with Crippen molar-refractivity contribution in [1.29, 1.82) is 0 Å². The average molecular weight is 369 g/mol. The predicted molar refractivity (Wildman–Crippen MR) is 97.8 cm³/mol. The van der Waals surface area contributed by atoms with Gasteiger partial charge < -0.3 is 14.8 Å². The number of Topliss-reactive ketones (excluding diaryl/α,β-unsaturated/α-hetero) is 1. The SMILES string of the molecule is CCC(=O)Nc1ccc(C(=O)COC(=O)c2ccccc2C(=O)OC)cc1. The van der Waals surface area contributed by atoms with Gasteiger partial charge in [0.25, 0.3) is 0 Å². The third kappa shape index (κ3) is 5.24. The van der Waals surface area contributed by atoms with Gasteiger partial charge in [-0.05, 0) is 36.4 Å². The quantitative estimate of drug-likeness (QED) is 0.595. The second kappa shape index (κ2) is 9.28. The first-order valence-electron chi connectivity index (χ1n) is 8.23. The molecule has 7 nitrogen and oxygen atoms in total. The number of hydrogen-bond acceptors (Lipinski definition) is 6. The number of ketones is 1. The van der Waals surface area contributed by atoms with E-state index in [0.29, 0.717) is 17.7 Å². The van der Waals surface area contributed by atoms with Crippen LogP contribution in [0.2, 0.25) is 0 Å². The monoisotopic (exact) mass is 369 g/mol. The molecule has 0 aromatic heterocycles. The van der Waals surface area contributed by atoms with E-state index in [1.807, 2.05) is 0 Å². The number of rotatable bonds is 7. The number of esters is 2.